The van der Waals surface area contributed by atoms with Crippen LogP contribution in [0, 0.1) is 0 Å². The zero-order chi connectivity index (χ0) is 20.6. The highest BCUT2D eigenvalue weighted by Gasteiger charge is 2.48. The van der Waals surface area contributed by atoms with E-state index in [-0.39, 0.29) is 17.2 Å². The minimum Gasteiger partial charge on any atom is -0.493 e. The molecular weight excluding hydrogens is 512 g/mol. The van der Waals surface area contributed by atoms with E-state index in [0.29, 0.717) is 25.9 Å². The van der Waals surface area contributed by atoms with E-state index >= 15 is 0 Å². The fourth-order valence-electron chi connectivity index (χ4n) is 3.37. The van der Waals surface area contributed by atoms with Gasteiger partial charge in [0.1, 0.15) is 0 Å². The van der Waals surface area contributed by atoms with E-state index in [4.69, 9.17) is 9.47 Å². The second kappa shape index (κ2) is 7.61. The van der Waals surface area contributed by atoms with Crippen LogP contribution in [0.25, 0.3) is 0 Å². The summed E-state index contributed by atoms with van der Waals surface area (Å²) in [5.74, 6) is -0.265. The molecule has 3 aromatic carbocycles. The van der Waals surface area contributed by atoms with Crippen LogP contribution in [0.4, 0.5) is 8.78 Å². The van der Waals surface area contributed by atoms with Gasteiger partial charge in [0, 0.05) is 25.9 Å². The summed E-state index contributed by atoms with van der Waals surface area (Å²) in [5.41, 5.74) is 0.398. The lowest BCUT2D eigenvalue weighted by molar-refractivity contribution is -0.287. The van der Waals surface area contributed by atoms with Gasteiger partial charge in [-0.25, -0.2) is 0 Å². The number of halogens is 3. The molecule has 0 N–H and O–H groups in total. The number of hydrogen-bond donors (Lipinski definition) is 0. The second-order valence-electron chi connectivity index (χ2n) is 6.32. The molecule has 4 nitrogen and oxygen atoms in total. The first-order valence-electron chi connectivity index (χ1n) is 8.68. The van der Waals surface area contributed by atoms with Crippen LogP contribution in [0.15, 0.2) is 66.7 Å². The number of alkyl halides is 3. The Morgan fingerprint density at radius 2 is 1.48 bits per heavy atom. The lowest BCUT2D eigenvalue weighted by atomic mass is 10.2. The number of rotatable bonds is 5. The van der Waals surface area contributed by atoms with Gasteiger partial charge in [0.15, 0.2) is 18.6 Å². The number of benzene rings is 3. The summed E-state index contributed by atoms with van der Waals surface area (Å²) in [7, 11) is -2.06. The fourth-order valence-corrected chi connectivity index (χ4v) is 7.33. The van der Waals surface area contributed by atoms with Crippen molar-refractivity contribution in [1.82, 2.24) is 0 Å². The molecule has 1 aliphatic heterocycles. The molecule has 1 heterocycles. The average Bonchev–Trinajstić information content (AvgIpc) is 3.08. The highest BCUT2D eigenvalue weighted by molar-refractivity contribution is 14.1. The Hall–Kier alpha value is -2.12. The number of methoxy groups -OCH3 is 1. The quantitative estimate of drug-likeness (QED) is 0.276. The molecule has 29 heavy (non-hydrogen) atoms. The molecule has 0 saturated carbocycles. The molecule has 0 spiro atoms. The second-order valence-corrected chi connectivity index (χ2v) is 9.81. The SMILES string of the molecule is COc1cc(P(=O)(c2ccccc2)c2ccccc2)c(CI)c2c1OC(F)(F)O2. The van der Waals surface area contributed by atoms with Crippen LogP contribution in [0.3, 0.4) is 0 Å². The first-order chi connectivity index (χ1) is 13.9. The van der Waals surface area contributed by atoms with Crippen LogP contribution in [-0.4, -0.2) is 13.4 Å². The van der Waals surface area contributed by atoms with E-state index < -0.39 is 13.4 Å². The van der Waals surface area contributed by atoms with Crippen molar-refractivity contribution >= 4 is 45.6 Å². The first kappa shape index (κ1) is 20.2. The molecule has 150 valence electrons. The minimum absolute atomic E-state index is 0.0489. The molecule has 0 saturated heterocycles. The molecule has 0 radical (unpaired) electrons. The summed E-state index contributed by atoms with van der Waals surface area (Å²) in [5, 5.41) is 1.57. The van der Waals surface area contributed by atoms with Crippen LogP contribution < -0.4 is 30.1 Å². The molecule has 1 aliphatic rings. The maximum atomic E-state index is 14.7. The van der Waals surface area contributed by atoms with Crippen LogP contribution in [-0.2, 0) is 8.99 Å². The number of ether oxygens (including phenoxy) is 3. The summed E-state index contributed by atoms with van der Waals surface area (Å²) >= 11 is 2.04. The molecule has 3 aromatic rings. The van der Waals surface area contributed by atoms with E-state index in [1.54, 1.807) is 48.5 Å². The summed E-state index contributed by atoms with van der Waals surface area (Å²) < 4.78 is 57.5. The monoisotopic (exact) mass is 528 g/mol. The van der Waals surface area contributed by atoms with Crippen molar-refractivity contribution < 1.29 is 27.6 Å². The standard InChI is InChI=1S/C21H16F2IO4P/c1-26-17-12-18(16(13-24)19-20(17)28-21(22,23)27-19)29(25,14-8-4-2-5-9-14)15-10-6-3-7-11-15/h2-12H,13H2,1H3. The average molecular weight is 528 g/mol. The number of fused-ring (bicyclic) bond motifs is 1. The molecular formula is C21H16F2IO4P. The van der Waals surface area contributed by atoms with Crippen molar-refractivity contribution in [2.45, 2.75) is 10.7 Å². The Kier molecular flexibility index (Phi) is 5.29. The fraction of sp³-hybridized carbons (Fsp3) is 0.143. The van der Waals surface area contributed by atoms with Crippen molar-refractivity contribution in [1.29, 1.82) is 0 Å². The van der Waals surface area contributed by atoms with Gasteiger partial charge in [0.2, 0.25) is 5.75 Å². The van der Waals surface area contributed by atoms with Gasteiger partial charge in [0.05, 0.1) is 7.11 Å². The van der Waals surface area contributed by atoms with Crippen molar-refractivity contribution in [2.75, 3.05) is 7.11 Å². The first-order valence-corrected chi connectivity index (χ1v) is 11.9. The van der Waals surface area contributed by atoms with Gasteiger partial charge in [0.25, 0.3) is 0 Å². The third kappa shape index (κ3) is 3.40. The molecule has 0 aliphatic carbocycles. The van der Waals surface area contributed by atoms with E-state index in [0.717, 1.165) is 0 Å². The Labute approximate surface area is 180 Å². The van der Waals surface area contributed by atoms with Crippen molar-refractivity contribution in [3.05, 3.63) is 72.3 Å². The highest BCUT2D eigenvalue weighted by atomic mass is 127. The zero-order valence-corrected chi connectivity index (χ0v) is 18.3. The van der Waals surface area contributed by atoms with Crippen LogP contribution in [0.2, 0.25) is 0 Å². The van der Waals surface area contributed by atoms with Gasteiger partial charge in [-0.2, -0.15) is 0 Å². The largest absolute Gasteiger partial charge is 0.586 e. The minimum atomic E-state index is -3.81. The predicted molar refractivity (Wildman–Crippen MR) is 116 cm³/mol. The Morgan fingerprint density at radius 3 is 1.97 bits per heavy atom. The Morgan fingerprint density at radius 1 is 0.966 bits per heavy atom. The molecule has 4 rings (SSSR count). The van der Waals surface area contributed by atoms with Gasteiger partial charge in [-0.05, 0) is 6.07 Å². The molecule has 0 amide bonds. The third-order valence-electron chi connectivity index (χ3n) is 4.66. The maximum Gasteiger partial charge on any atom is 0.586 e. The summed E-state index contributed by atoms with van der Waals surface area (Å²) in [4.78, 5) is 0. The molecule has 0 aromatic heterocycles. The van der Waals surface area contributed by atoms with Crippen LogP contribution in [0.1, 0.15) is 5.56 Å². The normalized spacial score (nSPS) is 14.6. The van der Waals surface area contributed by atoms with Crippen molar-refractivity contribution in [3.8, 4) is 17.2 Å². The van der Waals surface area contributed by atoms with E-state index in [1.807, 2.05) is 34.7 Å². The number of hydrogen-bond acceptors (Lipinski definition) is 4. The lowest BCUT2D eigenvalue weighted by Gasteiger charge is -2.23. The summed E-state index contributed by atoms with van der Waals surface area (Å²) in [6.07, 6.45) is -3.81. The Bertz CT molecular complexity index is 1050. The van der Waals surface area contributed by atoms with E-state index in [2.05, 4.69) is 4.74 Å². The molecule has 0 fully saturated rings. The molecule has 8 heteroatoms. The summed E-state index contributed by atoms with van der Waals surface area (Å²) in [6, 6.07) is 19.5. The van der Waals surface area contributed by atoms with Gasteiger partial charge < -0.3 is 18.8 Å². The van der Waals surface area contributed by atoms with E-state index in [9.17, 15) is 13.3 Å². The van der Waals surface area contributed by atoms with Crippen LogP contribution in [0.5, 0.6) is 17.2 Å². The third-order valence-corrected chi connectivity index (χ3v) is 8.55. The molecule has 0 unspecified atom stereocenters. The maximum absolute atomic E-state index is 14.7. The smallest absolute Gasteiger partial charge is 0.493 e. The van der Waals surface area contributed by atoms with E-state index in [1.165, 1.54) is 13.2 Å². The lowest BCUT2D eigenvalue weighted by Crippen LogP contribution is -2.28. The van der Waals surface area contributed by atoms with Gasteiger partial charge in [-0.15, -0.1) is 8.78 Å². The zero-order valence-electron chi connectivity index (χ0n) is 15.3. The molecule has 0 bridgehead atoms. The van der Waals surface area contributed by atoms with Gasteiger partial charge in [-0.3, -0.25) is 0 Å². The van der Waals surface area contributed by atoms with Gasteiger partial charge in [-0.1, -0.05) is 83.3 Å². The Balaban J connectivity index is 2.07. The molecule has 0 atom stereocenters. The van der Waals surface area contributed by atoms with Crippen LogP contribution >= 0.6 is 29.7 Å². The van der Waals surface area contributed by atoms with Gasteiger partial charge >= 0.3 is 6.29 Å². The predicted octanol–water partition coefficient (Wildman–Crippen LogP) is 4.59. The van der Waals surface area contributed by atoms with Crippen molar-refractivity contribution in [3.63, 3.8) is 0 Å². The summed E-state index contributed by atoms with van der Waals surface area (Å²) in [6.45, 7) is 0. The topological polar surface area (TPSA) is 44.8 Å². The highest BCUT2D eigenvalue weighted by Crippen LogP contribution is 2.54. The van der Waals surface area contributed by atoms with Crippen molar-refractivity contribution in [2.24, 2.45) is 0 Å².